The van der Waals surface area contributed by atoms with Crippen molar-refractivity contribution in [3.8, 4) is 0 Å². The van der Waals surface area contributed by atoms with Gasteiger partial charge in [-0.1, -0.05) is 129 Å². The summed E-state index contributed by atoms with van der Waals surface area (Å²) in [4.78, 5) is 0. The van der Waals surface area contributed by atoms with E-state index in [0.29, 0.717) is 6.10 Å². The van der Waals surface area contributed by atoms with Crippen molar-refractivity contribution < 1.29 is 21.4 Å². The highest BCUT2D eigenvalue weighted by Gasteiger charge is 2.31. The molecule has 0 aromatic carbocycles. The van der Waals surface area contributed by atoms with Crippen LogP contribution in [0.2, 0.25) is 0 Å². The number of allylic oxidation sites excluding steroid dienone is 4. The Hall–Kier alpha value is -0.640. The largest absolute Gasteiger partial charge is 0.412 e. The second kappa shape index (κ2) is 28.2. The summed E-state index contributed by atoms with van der Waals surface area (Å²) >= 11 is 0. The Morgan fingerprint density at radius 2 is 0.729 bits per heavy atom. The molecular formula is C56H112O3. The molecule has 0 aromatic rings. The molecule has 2 atom stereocenters. The Labute approximate surface area is 374 Å². The Balaban J connectivity index is 0. The zero-order valence-corrected chi connectivity index (χ0v) is 40.9. The molecule has 3 nitrogen and oxygen atoms in total. The summed E-state index contributed by atoms with van der Waals surface area (Å²) in [6.07, 6.45) is 49.6. The van der Waals surface area contributed by atoms with Gasteiger partial charge in [0.1, 0.15) is 0 Å². The van der Waals surface area contributed by atoms with Crippen LogP contribution in [0.15, 0.2) is 23.3 Å². The van der Waals surface area contributed by atoms with Crippen molar-refractivity contribution in [3.05, 3.63) is 23.3 Å². The van der Waals surface area contributed by atoms with E-state index in [0.717, 1.165) is 76.9 Å². The number of methoxy groups -OCH3 is 1. The topological polar surface area (TPSA) is 72.2 Å². The molecule has 3 heteroatoms. The second-order valence-corrected chi connectivity index (χ2v) is 23.1. The van der Waals surface area contributed by atoms with E-state index in [-0.39, 0.29) is 16.7 Å². The fourth-order valence-corrected chi connectivity index (χ4v) is 13.2. The van der Waals surface area contributed by atoms with Gasteiger partial charge < -0.3 is 15.7 Å². The lowest BCUT2D eigenvalue weighted by molar-refractivity contribution is 0.0399. The predicted octanol–water partition coefficient (Wildman–Crippen LogP) is 17.1. The number of ether oxygens (including phenoxy) is 1. The van der Waals surface area contributed by atoms with Crippen LogP contribution in [0.4, 0.5) is 0 Å². The normalized spacial score (nSPS) is 40.2. The fourth-order valence-electron chi connectivity index (χ4n) is 13.2. The average Bonchev–Trinajstić information content (AvgIpc) is 3.24. The standard InChI is InChI=1S/C14H26O.C14H26.2C14H24.2H2O.4H2/c1-11-3-5-12(6-4-11)13-7-9-14(15-2)10-8-13;3*1-11-3-7-13(8-4-11)14-9-5-12(2)6-10-14;;;;;;/h11-14H,3-10H2,1-2H3;11-14H,3-10H2,1-2H3;7,11-12,14H,3-6,8-10H2,1-2H3;3,12-14H,4-10H2,1-2H3;2*1H2;4*1H. The van der Waals surface area contributed by atoms with Crippen molar-refractivity contribution in [2.45, 2.75) is 247 Å². The molecule has 8 aliphatic carbocycles. The van der Waals surface area contributed by atoms with E-state index in [2.05, 4.69) is 60.6 Å². The molecule has 8 rings (SSSR count). The van der Waals surface area contributed by atoms with Crippen LogP contribution in [0, 0.1) is 76.9 Å². The van der Waals surface area contributed by atoms with Gasteiger partial charge in [0.05, 0.1) is 6.10 Å². The third kappa shape index (κ3) is 18.5. The van der Waals surface area contributed by atoms with Crippen LogP contribution in [0.25, 0.3) is 0 Å². The van der Waals surface area contributed by atoms with Gasteiger partial charge in [0.2, 0.25) is 0 Å². The number of hydrogen-bond donors (Lipinski definition) is 0. The van der Waals surface area contributed by atoms with Crippen LogP contribution >= 0.6 is 0 Å². The van der Waals surface area contributed by atoms with Crippen molar-refractivity contribution >= 4 is 0 Å². The first-order valence-corrected chi connectivity index (χ1v) is 26.4. The van der Waals surface area contributed by atoms with Crippen molar-refractivity contribution in [1.82, 2.24) is 0 Å². The SMILES string of the molecule is CC1=CCC(C2CCC(C)CC2)CC1.CC1CC=C(C2CCC(C)CC2)CC1.CC1CCC(C2CCC(C)CC2)CC1.COC1CCC(C2CCC(C)CC2)CC1.O.O.[HH].[HH].[HH].[HH]. The minimum absolute atomic E-state index is 0. The lowest BCUT2D eigenvalue weighted by Gasteiger charge is -2.36. The summed E-state index contributed by atoms with van der Waals surface area (Å²) < 4.78 is 5.44. The predicted molar refractivity (Wildman–Crippen MR) is 266 cm³/mol. The Morgan fingerprint density at radius 3 is 1.05 bits per heavy atom. The maximum atomic E-state index is 5.44. The van der Waals surface area contributed by atoms with Gasteiger partial charge >= 0.3 is 0 Å². The molecule has 59 heavy (non-hydrogen) atoms. The van der Waals surface area contributed by atoms with E-state index in [9.17, 15) is 0 Å². The highest BCUT2D eigenvalue weighted by Crippen LogP contribution is 2.43. The first kappa shape index (κ1) is 52.7. The molecule has 354 valence electrons. The summed E-state index contributed by atoms with van der Waals surface area (Å²) in [5.74, 6) is 13.4. The summed E-state index contributed by atoms with van der Waals surface area (Å²) in [7, 11) is 1.87. The molecule has 8 aliphatic rings. The molecule has 2 unspecified atom stereocenters. The summed E-state index contributed by atoms with van der Waals surface area (Å²) in [6.45, 7) is 16.8. The first-order chi connectivity index (χ1) is 27.6. The van der Waals surface area contributed by atoms with Gasteiger partial charge in [-0.05, 0) is 212 Å². The minimum atomic E-state index is 0. The van der Waals surface area contributed by atoms with Crippen LogP contribution in [0.5, 0.6) is 0 Å². The zero-order chi connectivity index (χ0) is 40.6. The van der Waals surface area contributed by atoms with Gasteiger partial charge in [-0.2, -0.15) is 0 Å². The van der Waals surface area contributed by atoms with E-state index in [4.69, 9.17) is 4.74 Å². The highest BCUT2D eigenvalue weighted by molar-refractivity contribution is 5.11. The van der Waals surface area contributed by atoms with Crippen LogP contribution in [-0.2, 0) is 4.74 Å². The van der Waals surface area contributed by atoms with Gasteiger partial charge in [-0.3, -0.25) is 0 Å². The average molecular weight is 834 g/mol. The molecular weight excluding hydrogens is 721 g/mol. The zero-order valence-electron chi connectivity index (χ0n) is 40.9. The highest BCUT2D eigenvalue weighted by atomic mass is 16.5. The van der Waals surface area contributed by atoms with E-state index in [1.54, 1.807) is 31.3 Å². The van der Waals surface area contributed by atoms with Gasteiger partial charge in [0, 0.05) is 12.8 Å². The molecule has 0 heterocycles. The van der Waals surface area contributed by atoms with Crippen LogP contribution in [-0.4, -0.2) is 24.2 Å². The van der Waals surface area contributed by atoms with E-state index >= 15 is 0 Å². The second-order valence-electron chi connectivity index (χ2n) is 23.1. The van der Waals surface area contributed by atoms with Gasteiger partial charge in [-0.15, -0.1) is 0 Å². The Bertz CT molecular complexity index is 1110. The summed E-state index contributed by atoms with van der Waals surface area (Å²) in [6, 6.07) is 0. The number of hydrogen-bond acceptors (Lipinski definition) is 1. The van der Waals surface area contributed by atoms with Crippen molar-refractivity contribution in [2.75, 3.05) is 7.11 Å². The molecule has 0 bridgehead atoms. The van der Waals surface area contributed by atoms with E-state index < -0.39 is 0 Å². The monoisotopic (exact) mass is 833 g/mol. The molecule has 0 amide bonds. The van der Waals surface area contributed by atoms with Crippen molar-refractivity contribution in [3.63, 3.8) is 0 Å². The molecule has 6 fully saturated rings. The molecule has 6 saturated carbocycles. The third-order valence-electron chi connectivity index (χ3n) is 18.2. The molecule has 0 saturated heterocycles. The molecule has 0 radical (unpaired) electrons. The Kier molecular flexibility index (Phi) is 25.2. The fraction of sp³-hybridized carbons (Fsp3) is 0.929. The van der Waals surface area contributed by atoms with Crippen LogP contribution < -0.4 is 0 Å². The molecule has 4 N–H and O–H groups in total. The van der Waals surface area contributed by atoms with Crippen molar-refractivity contribution in [1.29, 1.82) is 0 Å². The molecule has 0 spiro atoms. The first-order valence-electron chi connectivity index (χ1n) is 26.4. The van der Waals surface area contributed by atoms with Gasteiger partial charge in [-0.25, -0.2) is 0 Å². The lowest BCUT2D eigenvalue weighted by atomic mass is 9.70. The van der Waals surface area contributed by atoms with E-state index in [1.807, 2.05) is 12.7 Å². The van der Waals surface area contributed by atoms with E-state index in [1.165, 1.54) is 167 Å². The van der Waals surface area contributed by atoms with Crippen LogP contribution in [0.1, 0.15) is 247 Å². The van der Waals surface area contributed by atoms with Gasteiger partial charge in [0.25, 0.3) is 0 Å². The smallest absolute Gasteiger partial charge is 0.0571 e. The molecule has 0 aliphatic heterocycles. The lowest BCUT2D eigenvalue weighted by Crippen LogP contribution is -2.27. The molecule has 0 aromatic heterocycles. The maximum Gasteiger partial charge on any atom is 0.0571 e. The summed E-state index contributed by atoms with van der Waals surface area (Å²) in [5.41, 5.74) is 3.44. The minimum Gasteiger partial charge on any atom is -0.412 e. The summed E-state index contributed by atoms with van der Waals surface area (Å²) in [5, 5.41) is 0. The van der Waals surface area contributed by atoms with Gasteiger partial charge in [0.15, 0.2) is 0 Å². The van der Waals surface area contributed by atoms with Crippen LogP contribution in [0.3, 0.4) is 0 Å². The third-order valence-corrected chi connectivity index (χ3v) is 18.2. The number of rotatable bonds is 5. The quantitative estimate of drug-likeness (QED) is 0.254. The maximum absolute atomic E-state index is 5.44. The Morgan fingerprint density at radius 1 is 0.373 bits per heavy atom. The van der Waals surface area contributed by atoms with Crippen molar-refractivity contribution in [2.24, 2.45) is 76.9 Å².